The van der Waals surface area contributed by atoms with E-state index < -0.39 is 0 Å². The van der Waals surface area contributed by atoms with Crippen LogP contribution in [0.5, 0.6) is 5.75 Å². The van der Waals surface area contributed by atoms with Gasteiger partial charge in [0.15, 0.2) is 11.7 Å². The Morgan fingerprint density at radius 2 is 2.03 bits per heavy atom. The lowest BCUT2D eigenvalue weighted by Crippen LogP contribution is -2.40. The van der Waals surface area contributed by atoms with Gasteiger partial charge < -0.3 is 9.47 Å². The Morgan fingerprint density at radius 1 is 1.20 bits per heavy atom. The van der Waals surface area contributed by atoms with Crippen LogP contribution >= 0.6 is 11.3 Å². The first-order chi connectivity index (χ1) is 14.7. The maximum Gasteiger partial charge on any atom is 0.266 e. The smallest absolute Gasteiger partial charge is 0.266 e. The molecule has 4 rings (SSSR count). The number of hydrogen-bond donors (Lipinski definition) is 0. The van der Waals surface area contributed by atoms with E-state index in [4.69, 9.17) is 14.5 Å². The van der Waals surface area contributed by atoms with Gasteiger partial charge in [-0.3, -0.25) is 14.6 Å². The van der Waals surface area contributed by atoms with Gasteiger partial charge in [-0.2, -0.15) is 0 Å². The standard InChI is InChI=1S/C23H27N3O3S/c1-18-6-4-7-19(16-18)29-17-22(27)26(11-5-10-25-12-14-28-15-13-25)23-24-20-8-2-3-9-21(20)30-23/h2-4,6-9,16H,5,10-15,17H2,1H3. The second kappa shape index (κ2) is 10.0. The van der Waals surface area contributed by atoms with Crippen molar-refractivity contribution in [2.75, 3.05) is 50.9 Å². The van der Waals surface area contributed by atoms with Crippen LogP contribution in [-0.2, 0) is 9.53 Å². The van der Waals surface area contributed by atoms with Crippen LogP contribution in [0.15, 0.2) is 48.5 Å². The number of hydrogen-bond acceptors (Lipinski definition) is 6. The molecule has 0 radical (unpaired) electrons. The van der Waals surface area contributed by atoms with E-state index in [0.29, 0.717) is 12.3 Å². The first kappa shape index (κ1) is 20.8. The Kier molecular flexibility index (Phi) is 6.94. The minimum atomic E-state index is -0.0717. The fourth-order valence-electron chi connectivity index (χ4n) is 3.51. The summed E-state index contributed by atoms with van der Waals surface area (Å²) in [6.07, 6.45) is 0.881. The molecular weight excluding hydrogens is 398 g/mol. The molecule has 0 N–H and O–H groups in total. The van der Waals surface area contributed by atoms with E-state index >= 15 is 0 Å². The maximum absolute atomic E-state index is 13.1. The molecule has 0 spiro atoms. The van der Waals surface area contributed by atoms with E-state index in [-0.39, 0.29) is 12.5 Å². The molecule has 1 aliphatic heterocycles. The number of benzene rings is 2. The Labute approximate surface area is 181 Å². The van der Waals surface area contributed by atoms with Crippen molar-refractivity contribution in [1.29, 1.82) is 0 Å². The van der Waals surface area contributed by atoms with Gasteiger partial charge in [0.1, 0.15) is 5.75 Å². The van der Waals surface area contributed by atoms with Gasteiger partial charge in [0.2, 0.25) is 0 Å². The summed E-state index contributed by atoms with van der Waals surface area (Å²) < 4.78 is 12.3. The summed E-state index contributed by atoms with van der Waals surface area (Å²) in [5, 5.41) is 0.732. The number of aromatic nitrogens is 1. The summed E-state index contributed by atoms with van der Waals surface area (Å²) in [6.45, 7) is 7.03. The summed E-state index contributed by atoms with van der Waals surface area (Å²) in [4.78, 5) is 22.0. The fourth-order valence-corrected chi connectivity index (χ4v) is 4.52. The number of para-hydroxylation sites is 1. The number of nitrogens with zero attached hydrogens (tertiary/aromatic N) is 3. The highest BCUT2D eigenvalue weighted by Crippen LogP contribution is 2.29. The predicted octanol–water partition coefficient (Wildman–Crippen LogP) is 3.74. The van der Waals surface area contributed by atoms with E-state index in [9.17, 15) is 4.79 Å². The van der Waals surface area contributed by atoms with Crippen molar-refractivity contribution in [3.8, 4) is 5.75 Å². The molecule has 1 fully saturated rings. The number of rotatable bonds is 8. The molecule has 1 amide bonds. The summed E-state index contributed by atoms with van der Waals surface area (Å²) >= 11 is 1.55. The van der Waals surface area contributed by atoms with Gasteiger partial charge in [-0.25, -0.2) is 4.98 Å². The molecule has 2 heterocycles. The highest BCUT2D eigenvalue weighted by atomic mass is 32.1. The molecular formula is C23H27N3O3S. The second-order valence-corrected chi connectivity index (χ2v) is 8.43. The fraction of sp³-hybridized carbons (Fsp3) is 0.391. The normalized spacial score (nSPS) is 14.7. The summed E-state index contributed by atoms with van der Waals surface area (Å²) in [6, 6.07) is 15.7. The lowest BCUT2D eigenvalue weighted by Gasteiger charge is -2.27. The molecule has 1 saturated heterocycles. The van der Waals surface area contributed by atoms with Crippen molar-refractivity contribution >= 4 is 32.6 Å². The van der Waals surface area contributed by atoms with E-state index in [0.717, 1.165) is 60.2 Å². The van der Waals surface area contributed by atoms with Crippen LogP contribution in [-0.4, -0.2) is 61.8 Å². The summed E-state index contributed by atoms with van der Waals surface area (Å²) in [5.41, 5.74) is 2.02. The van der Waals surface area contributed by atoms with Crippen molar-refractivity contribution in [2.24, 2.45) is 0 Å². The average Bonchev–Trinajstić information content (AvgIpc) is 3.20. The molecule has 0 atom stereocenters. The average molecular weight is 426 g/mol. The van der Waals surface area contributed by atoms with Crippen LogP contribution in [0.4, 0.5) is 5.13 Å². The lowest BCUT2D eigenvalue weighted by atomic mass is 10.2. The van der Waals surface area contributed by atoms with Gasteiger partial charge >= 0.3 is 0 Å². The number of fused-ring (bicyclic) bond motifs is 1. The van der Waals surface area contributed by atoms with Crippen molar-refractivity contribution in [3.63, 3.8) is 0 Å². The Morgan fingerprint density at radius 3 is 2.83 bits per heavy atom. The number of morpholine rings is 1. The Balaban J connectivity index is 1.44. The van der Waals surface area contributed by atoms with Crippen LogP contribution in [0.25, 0.3) is 10.2 Å². The van der Waals surface area contributed by atoms with Crippen LogP contribution in [0.3, 0.4) is 0 Å². The minimum Gasteiger partial charge on any atom is -0.484 e. The molecule has 0 aliphatic carbocycles. The van der Waals surface area contributed by atoms with Crippen LogP contribution in [0.1, 0.15) is 12.0 Å². The monoisotopic (exact) mass is 425 g/mol. The molecule has 1 aliphatic rings. The van der Waals surface area contributed by atoms with E-state index in [1.807, 2.05) is 55.5 Å². The third kappa shape index (κ3) is 5.36. The zero-order valence-electron chi connectivity index (χ0n) is 17.3. The number of carbonyl (C=O) groups is 1. The first-order valence-electron chi connectivity index (χ1n) is 10.3. The molecule has 0 bridgehead atoms. The zero-order valence-corrected chi connectivity index (χ0v) is 18.1. The molecule has 158 valence electrons. The molecule has 0 saturated carbocycles. The molecule has 6 nitrogen and oxygen atoms in total. The highest BCUT2D eigenvalue weighted by Gasteiger charge is 2.21. The van der Waals surface area contributed by atoms with E-state index in [1.54, 1.807) is 16.2 Å². The van der Waals surface area contributed by atoms with Crippen molar-refractivity contribution in [1.82, 2.24) is 9.88 Å². The van der Waals surface area contributed by atoms with E-state index in [1.165, 1.54) is 0 Å². The van der Waals surface area contributed by atoms with Crippen molar-refractivity contribution in [2.45, 2.75) is 13.3 Å². The van der Waals surface area contributed by atoms with Gasteiger partial charge in [0, 0.05) is 26.2 Å². The number of carbonyl (C=O) groups excluding carboxylic acids is 1. The van der Waals surface area contributed by atoms with Crippen LogP contribution in [0.2, 0.25) is 0 Å². The van der Waals surface area contributed by atoms with Crippen LogP contribution < -0.4 is 9.64 Å². The van der Waals surface area contributed by atoms with Gasteiger partial charge in [-0.1, -0.05) is 35.6 Å². The van der Waals surface area contributed by atoms with Crippen molar-refractivity contribution in [3.05, 3.63) is 54.1 Å². The van der Waals surface area contributed by atoms with E-state index in [2.05, 4.69) is 4.90 Å². The largest absolute Gasteiger partial charge is 0.484 e. The first-order valence-corrected chi connectivity index (χ1v) is 11.2. The van der Waals surface area contributed by atoms with Crippen molar-refractivity contribution < 1.29 is 14.3 Å². The molecule has 30 heavy (non-hydrogen) atoms. The third-order valence-electron chi connectivity index (χ3n) is 5.13. The summed E-state index contributed by atoms with van der Waals surface area (Å²) in [7, 11) is 0. The number of ether oxygens (including phenoxy) is 2. The Bertz CT molecular complexity index is 951. The van der Waals surface area contributed by atoms with Gasteiger partial charge in [-0.05, 0) is 43.2 Å². The molecule has 2 aromatic carbocycles. The Hall–Kier alpha value is -2.48. The molecule has 7 heteroatoms. The zero-order chi connectivity index (χ0) is 20.8. The molecule has 1 aromatic heterocycles. The predicted molar refractivity (Wildman–Crippen MR) is 121 cm³/mol. The quantitative estimate of drug-likeness (QED) is 0.550. The van der Waals surface area contributed by atoms with Gasteiger partial charge in [0.25, 0.3) is 5.91 Å². The number of aryl methyl sites for hydroxylation is 1. The van der Waals surface area contributed by atoms with Crippen LogP contribution in [0, 0.1) is 6.92 Å². The third-order valence-corrected chi connectivity index (χ3v) is 6.19. The topological polar surface area (TPSA) is 54.9 Å². The molecule has 0 unspecified atom stereocenters. The van der Waals surface area contributed by atoms with Gasteiger partial charge in [0.05, 0.1) is 23.4 Å². The second-order valence-electron chi connectivity index (χ2n) is 7.42. The SMILES string of the molecule is Cc1cccc(OCC(=O)N(CCCN2CCOCC2)c2nc3ccccc3s2)c1. The number of thiazole rings is 1. The summed E-state index contributed by atoms with van der Waals surface area (Å²) in [5.74, 6) is 0.637. The van der Waals surface area contributed by atoms with Gasteiger partial charge in [-0.15, -0.1) is 0 Å². The lowest BCUT2D eigenvalue weighted by molar-refractivity contribution is -0.120. The molecule has 3 aromatic rings. The number of anilines is 1. The number of amides is 1. The maximum atomic E-state index is 13.1. The highest BCUT2D eigenvalue weighted by molar-refractivity contribution is 7.22. The minimum absolute atomic E-state index is 0.00304.